The van der Waals surface area contributed by atoms with Gasteiger partial charge >= 0.3 is 0 Å². The molecule has 2 aromatic carbocycles. The number of nitrogens with one attached hydrogen (secondary N) is 2. The van der Waals surface area contributed by atoms with Crippen LogP contribution in [0.2, 0.25) is 0 Å². The smallest absolute Gasteiger partial charge is 0.268 e. The third-order valence-corrected chi connectivity index (χ3v) is 8.73. The molecule has 1 aromatic heterocycles. The van der Waals surface area contributed by atoms with Gasteiger partial charge in [-0.2, -0.15) is 0 Å². The second-order valence-corrected chi connectivity index (χ2v) is 12.6. The van der Waals surface area contributed by atoms with Gasteiger partial charge in [0.05, 0.1) is 23.5 Å². The molecule has 226 valence electrons. The van der Waals surface area contributed by atoms with Crippen molar-refractivity contribution in [3.05, 3.63) is 83.7 Å². The molecule has 0 unspecified atom stereocenters. The molecule has 10 heteroatoms. The fourth-order valence-corrected chi connectivity index (χ4v) is 6.07. The second-order valence-electron chi connectivity index (χ2n) is 10.7. The lowest BCUT2D eigenvalue weighted by atomic mass is 9.97. The highest BCUT2D eigenvalue weighted by atomic mass is 32.2. The molecule has 42 heavy (non-hydrogen) atoms. The van der Waals surface area contributed by atoms with Gasteiger partial charge in [-0.25, -0.2) is 13.1 Å². The van der Waals surface area contributed by atoms with E-state index in [4.69, 9.17) is 9.84 Å². The lowest BCUT2D eigenvalue weighted by Crippen LogP contribution is -2.33. The number of carbonyl (C=O) groups excluding carboxylic acids is 1. The van der Waals surface area contributed by atoms with Gasteiger partial charge in [0, 0.05) is 31.1 Å². The molecule has 0 spiro atoms. The molecule has 1 heterocycles. The summed E-state index contributed by atoms with van der Waals surface area (Å²) >= 11 is 0. The number of hydrogen-bond donors (Lipinski definition) is 4. The van der Waals surface area contributed by atoms with Gasteiger partial charge in [0.25, 0.3) is 5.91 Å². The highest BCUT2D eigenvalue weighted by Crippen LogP contribution is 2.31. The summed E-state index contributed by atoms with van der Waals surface area (Å²) in [7, 11) is -3.87. The molecule has 1 aliphatic carbocycles. The largest absolute Gasteiger partial charge is 0.490 e. The van der Waals surface area contributed by atoms with E-state index in [0.29, 0.717) is 12.3 Å². The van der Waals surface area contributed by atoms with Crippen LogP contribution in [0.5, 0.6) is 5.75 Å². The summed E-state index contributed by atoms with van der Waals surface area (Å²) in [6.45, 7) is 0.977. The fraction of sp³-hybridized carbons (Fsp3) is 0.438. The van der Waals surface area contributed by atoms with Gasteiger partial charge in [-0.1, -0.05) is 42.8 Å². The van der Waals surface area contributed by atoms with Crippen LogP contribution in [0.25, 0.3) is 11.1 Å². The monoisotopic (exact) mass is 595 g/mol. The average Bonchev–Trinajstić information content (AvgIpc) is 3.01. The zero-order valence-electron chi connectivity index (χ0n) is 23.9. The predicted molar refractivity (Wildman–Crippen MR) is 163 cm³/mol. The Hall–Kier alpha value is -3.31. The number of pyridine rings is 1. The SMILES string of the molecule is O=C(NS(=O)(=O)CCCO)c1ccc(-c2ccc(CCCNC[C@H](O)c3cccnc3)cc2)cc1OC1CCCCC1. The van der Waals surface area contributed by atoms with Crippen LogP contribution >= 0.6 is 0 Å². The number of nitrogens with zero attached hydrogens (tertiary/aromatic N) is 1. The minimum Gasteiger partial charge on any atom is -0.490 e. The summed E-state index contributed by atoms with van der Waals surface area (Å²) < 4.78 is 33.0. The Kier molecular flexibility index (Phi) is 11.9. The standard InChI is InChI=1S/C32H41N3O6S/c36-19-6-20-42(39,40)35-32(38)29-16-15-26(21-31(29)41-28-9-2-1-3-10-28)25-13-11-24(12-14-25)7-4-17-34-23-30(37)27-8-5-18-33-22-27/h5,8,11-16,18,21-22,28,30,34,36-37H,1-4,6-7,9-10,17,19-20,23H2,(H,35,38)/t30-/m0/s1. The van der Waals surface area contributed by atoms with E-state index in [0.717, 1.165) is 68.2 Å². The third-order valence-electron chi connectivity index (χ3n) is 7.40. The first-order valence-electron chi connectivity index (χ1n) is 14.7. The van der Waals surface area contributed by atoms with E-state index in [1.165, 1.54) is 5.56 Å². The first-order chi connectivity index (χ1) is 20.3. The van der Waals surface area contributed by atoms with Gasteiger partial charge in [-0.3, -0.25) is 9.78 Å². The first kappa shape index (κ1) is 31.6. The van der Waals surface area contributed by atoms with Gasteiger partial charge in [0.1, 0.15) is 5.75 Å². The highest BCUT2D eigenvalue weighted by Gasteiger charge is 2.23. The summed E-state index contributed by atoms with van der Waals surface area (Å²) in [6.07, 6.45) is 9.68. The number of hydrogen-bond acceptors (Lipinski definition) is 8. The molecular formula is C32H41N3O6S. The van der Waals surface area contributed by atoms with Crippen LogP contribution in [0.15, 0.2) is 67.0 Å². The van der Waals surface area contributed by atoms with E-state index in [-0.39, 0.29) is 30.4 Å². The summed E-state index contributed by atoms with van der Waals surface area (Å²) in [5, 5.41) is 22.5. The molecule has 4 rings (SSSR count). The minimum atomic E-state index is -3.87. The molecule has 0 aliphatic heterocycles. The van der Waals surface area contributed by atoms with Crippen molar-refractivity contribution in [3.8, 4) is 16.9 Å². The van der Waals surface area contributed by atoms with Crippen LogP contribution in [0.4, 0.5) is 0 Å². The highest BCUT2D eigenvalue weighted by molar-refractivity contribution is 7.90. The quantitative estimate of drug-likeness (QED) is 0.192. The predicted octanol–water partition coefficient (Wildman–Crippen LogP) is 4.16. The lowest BCUT2D eigenvalue weighted by Gasteiger charge is -2.24. The first-order valence-corrected chi connectivity index (χ1v) is 16.3. The molecule has 4 N–H and O–H groups in total. The summed E-state index contributed by atoms with van der Waals surface area (Å²) in [5.41, 5.74) is 4.00. The molecule has 1 amide bonds. The van der Waals surface area contributed by atoms with Crippen LogP contribution < -0.4 is 14.8 Å². The van der Waals surface area contributed by atoms with E-state index >= 15 is 0 Å². The molecule has 3 aromatic rings. The number of ether oxygens (including phenoxy) is 1. The van der Waals surface area contributed by atoms with E-state index in [9.17, 15) is 18.3 Å². The summed E-state index contributed by atoms with van der Waals surface area (Å²) in [6, 6.07) is 17.1. The van der Waals surface area contributed by atoms with Crippen LogP contribution in [0.1, 0.15) is 72.5 Å². The Morgan fingerprint density at radius 3 is 2.50 bits per heavy atom. The van der Waals surface area contributed by atoms with E-state index < -0.39 is 22.0 Å². The summed E-state index contributed by atoms with van der Waals surface area (Å²) in [4.78, 5) is 17.0. The molecule has 1 aliphatic rings. The number of carbonyl (C=O) groups is 1. The zero-order valence-corrected chi connectivity index (χ0v) is 24.7. The van der Waals surface area contributed by atoms with Gasteiger partial charge in [0.15, 0.2) is 0 Å². The molecule has 1 fully saturated rings. The second kappa shape index (κ2) is 15.8. The molecule has 1 atom stereocenters. The van der Waals surface area contributed by atoms with Crippen molar-refractivity contribution in [1.82, 2.24) is 15.0 Å². The number of amides is 1. The lowest BCUT2D eigenvalue weighted by molar-refractivity contribution is 0.0969. The maximum Gasteiger partial charge on any atom is 0.268 e. The van der Waals surface area contributed by atoms with E-state index in [1.807, 2.05) is 30.3 Å². The number of aliphatic hydroxyl groups is 2. The number of aromatic nitrogens is 1. The Bertz CT molecular complexity index is 1380. The van der Waals surface area contributed by atoms with Crippen molar-refractivity contribution in [2.24, 2.45) is 0 Å². The van der Waals surface area contributed by atoms with Crippen LogP contribution in [-0.4, -0.2) is 61.1 Å². The number of benzene rings is 2. The van der Waals surface area contributed by atoms with Gasteiger partial charge in [0.2, 0.25) is 10.0 Å². The number of aliphatic hydroxyl groups excluding tert-OH is 2. The van der Waals surface area contributed by atoms with Crippen molar-refractivity contribution in [2.45, 2.75) is 63.6 Å². The Labute approximate surface area is 248 Å². The maximum absolute atomic E-state index is 13.0. The minimum absolute atomic E-state index is 0.0204. The molecule has 1 saturated carbocycles. The van der Waals surface area contributed by atoms with Crippen LogP contribution in [0.3, 0.4) is 0 Å². The normalized spacial score (nSPS) is 14.8. The fourth-order valence-electron chi connectivity index (χ4n) is 5.06. The molecule has 9 nitrogen and oxygen atoms in total. The van der Waals surface area contributed by atoms with Crippen molar-refractivity contribution in [1.29, 1.82) is 0 Å². The van der Waals surface area contributed by atoms with Gasteiger partial charge in [-0.05, 0) is 86.4 Å². The van der Waals surface area contributed by atoms with Crippen molar-refractivity contribution < 1.29 is 28.2 Å². The number of aryl methyl sites for hydroxylation is 1. The van der Waals surface area contributed by atoms with Gasteiger partial charge < -0.3 is 20.3 Å². The third kappa shape index (κ3) is 9.62. The van der Waals surface area contributed by atoms with Crippen molar-refractivity contribution >= 4 is 15.9 Å². The zero-order chi connectivity index (χ0) is 29.8. The number of sulfonamides is 1. The molecule has 0 saturated heterocycles. The topological polar surface area (TPSA) is 138 Å². The van der Waals surface area contributed by atoms with E-state index in [1.54, 1.807) is 24.5 Å². The van der Waals surface area contributed by atoms with Crippen molar-refractivity contribution in [2.75, 3.05) is 25.4 Å². The Balaban J connectivity index is 1.38. The van der Waals surface area contributed by atoms with E-state index in [2.05, 4.69) is 27.2 Å². The van der Waals surface area contributed by atoms with Crippen LogP contribution in [-0.2, 0) is 16.4 Å². The molecular weight excluding hydrogens is 554 g/mol. The van der Waals surface area contributed by atoms with Crippen LogP contribution in [0, 0.1) is 0 Å². The van der Waals surface area contributed by atoms with Crippen molar-refractivity contribution in [3.63, 3.8) is 0 Å². The molecule has 0 bridgehead atoms. The Morgan fingerprint density at radius 1 is 1.02 bits per heavy atom. The maximum atomic E-state index is 13.0. The number of rotatable bonds is 15. The Morgan fingerprint density at radius 2 is 1.79 bits per heavy atom. The molecule has 0 radical (unpaired) electrons. The van der Waals surface area contributed by atoms with Gasteiger partial charge in [-0.15, -0.1) is 0 Å². The summed E-state index contributed by atoms with van der Waals surface area (Å²) in [5.74, 6) is -0.692. The average molecular weight is 596 g/mol.